The van der Waals surface area contributed by atoms with Crippen molar-refractivity contribution in [2.24, 2.45) is 0 Å². The van der Waals surface area contributed by atoms with Crippen LogP contribution in [-0.4, -0.2) is 34.3 Å². The largest absolute Gasteiger partial charge is 0.484 e. The summed E-state index contributed by atoms with van der Waals surface area (Å²) >= 11 is 0. The number of aliphatic hydroxyl groups excluding tert-OH is 1. The molecule has 0 aliphatic heterocycles. The van der Waals surface area contributed by atoms with E-state index >= 15 is 0 Å². The number of benzene rings is 1. The molecule has 0 saturated heterocycles. The molecule has 0 bridgehead atoms. The molecular formula is C16H20F3N3O2. The van der Waals surface area contributed by atoms with Gasteiger partial charge in [-0.2, -0.15) is 18.3 Å². The summed E-state index contributed by atoms with van der Waals surface area (Å²) in [5.74, 6) is 0.154. The van der Waals surface area contributed by atoms with E-state index in [4.69, 9.17) is 9.84 Å². The van der Waals surface area contributed by atoms with Crippen LogP contribution in [0.2, 0.25) is 0 Å². The Balaban J connectivity index is 2.02. The van der Waals surface area contributed by atoms with E-state index in [1.165, 1.54) is 12.1 Å². The molecular weight excluding hydrogens is 323 g/mol. The molecule has 5 nitrogen and oxygen atoms in total. The predicted octanol–water partition coefficient (Wildman–Crippen LogP) is 3.05. The van der Waals surface area contributed by atoms with Gasteiger partial charge in [-0.25, -0.2) is 0 Å². The lowest BCUT2D eigenvalue weighted by Crippen LogP contribution is -2.19. The highest BCUT2D eigenvalue weighted by molar-refractivity contribution is 5.49. The van der Waals surface area contributed by atoms with Crippen LogP contribution >= 0.6 is 0 Å². The van der Waals surface area contributed by atoms with Gasteiger partial charge in [0.05, 0.1) is 18.8 Å². The second-order valence-electron chi connectivity index (χ2n) is 5.38. The van der Waals surface area contributed by atoms with Crippen LogP contribution in [0.25, 0.3) is 0 Å². The van der Waals surface area contributed by atoms with Crippen molar-refractivity contribution in [3.8, 4) is 5.75 Å². The van der Waals surface area contributed by atoms with Gasteiger partial charge in [-0.3, -0.25) is 4.68 Å². The number of aromatic nitrogens is 2. The molecule has 0 radical (unpaired) electrons. The number of hydrogen-bond donors (Lipinski definition) is 2. The first-order chi connectivity index (χ1) is 11.3. The van der Waals surface area contributed by atoms with Crippen LogP contribution in [0.4, 0.5) is 18.9 Å². The molecule has 0 spiro atoms. The second kappa shape index (κ2) is 7.57. The monoisotopic (exact) mass is 343 g/mol. The Bertz CT molecular complexity index is 684. The fourth-order valence-electron chi connectivity index (χ4n) is 2.35. The first-order valence-corrected chi connectivity index (χ1v) is 7.47. The lowest BCUT2D eigenvalue weighted by Gasteiger charge is -2.11. The zero-order valence-electron chi connectivity index (χ0n) is 13.5. The van der Waals surface area contributed by atoms with Gasteiger partial charge < -0.3 is 15.2 Å². The molecule has 24 heavy (non-hydrogen) atoms. The van der Waals surface area contributed by atoms with Gasteiger partial charge in [0.1, 0.15) is 5.75 Å². The second-order valence-corrected chi connectivity index (χ2v) is 5.38. The van der Waals surface area contributed by atoms with Crippen molar-refractivity contribution in [2.45, 2.75) is 33.1 Å². The molecule has 1 aromatic heterocycles. The number of alkyl halides is 3. The van der Waals surface area contributed by atoms with Crippen LogP contribution < -0.4 is 10.1 Å². The van der Waals surface area contributed by atoms with Crippen molar-refractivity contribution in [2.75, 3.05) is 18.5 Å². The Morgan fingerprint density at radius 3 is 2.71 bits per heavy atom. The smallest absolute Gasteiger partial charge is 0.422 e. The molecule has 1 heterocycles. The molecule has 132 valence electrons. The average Bonchev–Trinajstić information content (AvgIpc) is 2.78. The maximum Gasteiger partial charge on any atom is 0.422 e. The van der Waals surface area contributed by atoms with Gasteiger partial charge in [0.25, 0.3) is 0 Å². The highest BCUT2D eigenvalue weighted by atomic mass is 19.4. The molecule has 0 saturated carbocycles. The van der Waals surface area contributed by atoms with E-state index < -0.39 is 12.8 Å². The van der Waals surface area contributed by atoms with E-state index in [-0.39, 0.29) is 12.4 Å². The Kier molecular flexibility index (Phi) is 5.71. The number of rotatable bonds is 7. The van der Waals surface area contributed by atoms with E-state index in [0.717, 1.165) is 17.0 Å². The molecule has 2 aromatic rings. The summed E-state index contributed by atoms with van der Waals surface area (Å²) in [5.41, 5.74) is 3.44. The highest BCUT2D eigenvalue weighted by Crippen LogP contribution is 2.22. The third-order valence-corrected chi connectivity index (χ3v) is 3.55. The first kappa shape index (κ1) is 18.1. The van der Waals surface area contributed by atoms with Crippen LogP contribution in [0.15, 0.2) is 24.3 Å². The molecule has 0 amide bonds. The van der Waals surface area contributed by atoms with Crippen molar-refractivity contribution in [1.29, 1.82) is 0 Å². The number of aryl methyl sites for hydroxylation is 1. The molecule has 8 heteroatoms. The minimum absolute atomic E-state index is 0.00736. The molecule has 2 rings (SSSR count). The maximum absolute atomic E-state index is 12.2. The fraction of sp³-hybridized carbons (Fsp3) is 0.438. The van der Waals surface area contributed by atoms with Crippen LogP contribution in [0.3, 0.4) is 0 Å². The number of ether oxygens (including phenoxy) is 1. The van der Waals surface area contributed by atoms with Crippen molar-refractivity contribution < 1.29 is 23.0 Å². The summed E-state index contributed by atoms with van der Waals surface area (Å²) in [6.45, 7) is 3.38. The van der Waals surface area contributed by atoms with Gasteiger partial charge in [-0.1, -0.05) is 6.07 Å². The minimum Gasteiger partial charge on any atom is -0.484 e. The normalized spacial score (nSPS) is 11.6. The SMILES string of the molecule is Cc1nn(CCO)c(C)c1CNc1cccc(OCC(F)(F)F)c1. The van der Waals surface area contributed by atoms with Crippen LogP contribution in [0.5, 0.6) is 5.75 Å². The number of aliphatic hydroxyl groups is 1. The Labute approximate surface area is 138 Å². The van der Waals surface area contributed by atoms with Gasteiger partial charge in [-0.15, -0.1) is 0 Å². The number of anilines is 1. The third kappa shape index (κ3) is 4.89. The zero-order chi connectivity index (χ0) is 17.7. The lowest BCUT2D eigenvalue weighted by atomic mass is 10.2. The number of halogens is 3. The van der Waals surface area contributed by atoms with Crippen molar-refractivity contribution in [1.82, 2.24) is 9.78 Å². The van der Waals surface area contributed by atoms with Crippen LogP contribution in [0, 0.1) is 13.8 Å². The van der Waals surface area contributed by atoms with E-state index in [9.17, 15) is 13.2 Å². The van der Waals surface area contributed by atoms with Crippen molar-refractivity contribution in [3.05, 3.63) is 41.2 Å². The lowest BCUT2D eigenvalue weighted by molar-refractivity contribution is -0.153. The van der Waals surface area contributed by atoms with Gasteiger partial charge >= 0.3 is 6.18 Å². The zero-order valence-corrected chi connectivity index (χ0v) is 13.5. The molecule has 0 aliphatic carbocycles. The number of nitrogens with zero attached hydrogens (tertiary/aromatic N) is 2. The highest BCUT2D eigenvalue weighted by Gasteiger charge is 2.28. The minimum atomic E-state index is -4.36. The summed E-state index contributed by atoms with van der Waals surface area (Å²) in [6, 6.07) is 6.38. The molecule has 0 atom stereocenters. The van der Waals surface area contributed by atoms with Crippen molar-refractivity contribution in [3.63, 3.8) is 0 Å². The number of hydrogen-bond acceptors (Lipinski definition) is 4. The summed E-state index contributed by atoms with van der Waals surface area (Å²) in [6.07, 6.45) is -4.36. The van der Waals surface area contributed by atoms with Crippen LogP contribution in [0.1, 0.15) is 17.0 Å². The summed E-state index contributed by atoms with van der Waals surface area (Å²) < 4.78 is 43.1. The first-order valence-electron chi connectivity index (χ1n) is 7.47. The summed E-state index contributed by atoms with van der Waals surface area (Å²) in [4.78, 5) is 0. The Morgan fingerprint density at radius 2 is 2.04 bits per heavy atom. The standard InChI is InChI=1S/C16H20F3N3O2/c1-11-15(12(2)22(21-11)6-7-23)9-20-13-4-3-5-14(8-13)24-10-16(17,18)19/h3-5,8,20,23H,6-7,9-10H2,1-2H3. The van der Waals surface area contributed by atoms with Gasteiger partial charge in [0, 0.05) is 29.6 Å². The van der Waals surface area contributed by atoms with Crippen LogP contribution in [-0.2, 0) is 13.1 Å². The summed E-state index contributed by atoms with van der Waals surface area (Å²) in [7, 11) is 0. The Morgan fingerprint density at radius 1 is 1.29 bits per heavy atom. The average molecular weight is 343 g/mol. The van der Waals surface area contributed by atoms with Crippen molar-refractivity contribution >= 4 is 5.69 Å². The third-order valence-electron chi connectivity index (χ3n) is 3.55. The molecule has 0 unspecified atom stereocenters. The topological polar surface area (TPSA) is 59.3 Å². The fourth-order valence-corrected chi connectivity index (χ4v) is 2.35. The molecule has 2 N–H and O–H groups in total. The van der Waals surface area contributed by atoms with Gasteiger partial charge in [0.2, 0.25) is 0 Å². The quantitative estimate of drug-likeness (QED) is 0.811. The number of nitrogens with one attached hydrogen (secondary N) is 1. The molecule has 1 aromatic carbocycles. The van der Waals surface area contributed by atoms with E-state index in [1.54, 1.807) is 16.8 Å². The molecule has 0 fully saturated rings. The predicted molar refractivity (Wildman–Crippen MR) is 84.1 cm³/mol. The Hall–Kier alpha value is -2.22. The molecule has 0 aliphatic rings. The summed E-state index contributed by atoms with van der Waals surface area (Å²) in [5, 5.41) is 16.5. The van der Waals surface area contributed by atoms with E-state index in [0.29, 0.717) is 18.8 Å². The van der Waals surface area contributed by atoms with E-state index in [2.05, 4.69) is 10.4 Å². The maximum atomic E-state index is 12.2. The van der Waals surface area contributed by atoms with E-state index in [1.807, 2.05) is 13.8 Å². The van der Waals surface area contributed by atoms with Gasteiger partial charge in [0.15, 0.2) is 6.61 Å². The van der Waals surface area contributed by atoms with Gasteiger partial charge in [-0.05, 0) is 26.0 Å².